The third kappa shape index (κ3) is 10.8. The van der Waals surface area contributed by atoms with E-state index >= 15 is 4.39 Å². The molecule has 5 fully saturated rings. The fraction of sp³-hybridized carbons (Fsp3) is 0.667. The minimum Gasteiger partial charge on any atom is -0.423 e. The average molecular weight is 983 g/mol. The summed E-state index contributed by atoms with van der Waals surface area (Å²) < 4.78 is 45.8. The van der Waals surface area contributed by atoms with Gasteiger partial charge in [0.2, 0.25) is 5.43 Å². The molecule has 25 heteroatoms. The first-order chi connectivity index (χ1) is 30.1. The maximum atomic E-state index is 15.0. The molecule has 2 aliphatic carbocycles. The van der Waals surface area contributed by atoms with E-state index in [9.17, 15) is 45.3 Å². The van der Waals surface area contributed by atoms with Crippen molar-refractivity contribution in [3.8, 4) is 5.75 Å². The molecule has 3 aromatic rings. The van der Waals surface area contributed by atoms with E-state index in [0.717, 1.165) is 25.9 Å². The molecule has 353 valence electrons. The van der Waals surface area contributed by atoms with Crippen molar-refractivity contribution in [1.29, 1.82) is 0 Å². The van der Waals surface area contributed by atoms with E-state index in [1.165, 1.54) is 6.07 Å². The van der Waals surface area contributed by atoms with Gasteiger partial charge in [-0.25, -0.2) is 4.39 Å². The minimum atomic E-state index is -1.65. The number of anilines is 1. The Morgan fingerprint density at radius 1 is 0.922 bits per heavy atom. The van der Waals surface area contributed by atoms with Crippen LogP contribution in [0.25, 0.3) is 10.9 Å². The number of carbonyl (C=O) groups is 1. The van der Waals surface area contributed by atoms with Crippen LogP contribution in [0.15, 0.2) is 29.3 Å². The third-order valence-corrected chi connectivity index (χ3v) is 12.2. The van der Waals surface area contributed by atoms with Crippen LogP contribution in [0.4, 0.5) is 10.1 Å². The standard InChI is InChI=1S/C20H20FN6O3.C19H36N3O11.Y/c21-16-9-15-17(27(14-1-2-14)11-19(20(15)29)30-13-28)10-18(16)25-7-5-24(6-8-25)12-26-4-3-22-23-26;1-5-2-6(21)17(33-19-14(28)13(27)11(25)7(3-20)30-19)15(29)16(5)32-18-12(26)9(22)10(24)8(4-23)31-18;/h4,9-11,13-14H,1-2,5-8,12H2;5-19,23-29H,1-4,20-22H2;/q2*-1;/t;5-,6?,7?,8+,9?,10-,11+,12-,13?,14-,15?,16+,17+,18?,19+;/m.0./s1. The van der Waals surface area contributed by atoms with Crippen molar-refractivity contribution in [2.75, 3.05) is 44.2 Å². The van der Waals surface area contributed by atoms with Crippen LogP contribution < -0.4 is 32.3 Å². The largest absolute Gasteiger partial charge is 0.423 e. The van der Waals surface area contributed by atoms with Crippen molar-refractivity contribution in [3.63, 3.8) is 0 Å². The van der Waals surface area contributed by atoms with E-state index in [1.807, 2.05) is 9.47 Å². The molecule has 3 saturated heterocycles. The first kappa shape index (κ1) is 50.7. The molecule has 15 atom stereocenters. The van der Waals surface area contributed by atoms with Gasteiger partial charge in [0, 0.05) is 77.5 Å². The molecule has 5 heterocycles. The Morgan fingerprint density at radius 3 is 2.22 bits per heavy atom. The second kappa shape index (κ2) is 21.9. The molecule has 2 saturated carbocycles. The summed E-state index contributed by atoms with van der Waals surface area (Å²) in [6.07, 6.45) is -8.08. The van der Waals surface area contributed by atoms with Crippen molar-refractivity contribution in [2.24, 2.45) is 23.1 Å². The zero-order valence-corrected chi connectivity index (χ0v) is 37.6. The zero-order chi connectivity index (χ0) is 45.3. The number of nitrogens with zero attached hydrogens (tertiary/aromatic N) is 6. The molecule has 2 aromatic heterocycles. The van der Waals surface area contributed by atoms with Crippen molar-refractivity contribution in [1.82, 2.24) is 24.5 Å². The number of fused-ring (bicyclic) bond motifs is 1. The van der Waals surface area contributed by atoms with Gasteiger partial charge in [0.15, 0.2) is 18.3 Å². The number of pyridine rings is 1. The molecule has 1 radical (unpaired) electrons. The van der Waals surface area contributed by atoms with E-state index in [1.54, 1.807) is 23.1 Å². The summed E-state index contributed by atoms with van der Waals surface area (Å²) in [6.45, 7) is 6.84. The number of hydrogen-bond donors (Lipinski definition) is 10. The number of aromatic nitrogens is 4. The van der Waals surface area contributed by atoms with Gasteiger partial charge in [-0.1, -0.05) is 6.42 Å². The molecule has 23 nitrogen and oxygen atoms in total. The molecular weight excluding hydrogens is 926 g/mol. The molecule has 5 aliphatic rings. The van der Waals surface area contributed by atoms with Gasteiger partial charge in [-0.05, 0) is 25.0 Å². The Kier molecular flexibility index (Phi) is 17.4. The fourth-order valence-corrected chi connectivity index (χ4v) is 8.44. The van der Waals surface area contributed by atoms with Crippen LogP contribution >= 0.6 is 0 Å². The fourth-order valence-electron chi connectivity index (χ4n) is 8.44. The van der Waals surface area contributed by atoms with Gasteiger partial charge in [0.25, 0.3) is 6.47 Å². The Bertz CT molecular complexity index is 2000. The number of nitrogens with two attached hydrogens (primary N) is 3. The van der Waals surface area contributed by atoms with E-state index in [0.29, 0.717) is 31.0 Å². The maximum Gasteiger partial charge on any atom is 0.298 e. The van der Waals surface area contributed by atoms with Crippen molar-refractivity contribution < 1.29 is 101 Å². The topological polar surface area (TPSA) is 342 Å². The number of ether oxygens (including phenoxy) is 5. The molecule has 8 rings (SSSR count). The van der Waals surface area contributed by atoms with Crippen LogP contribution in [0.1, 0.15) is 25.3 Å². The number of hydrogen-bond acceptors (Lipinski definition) is 21. The van der Waals surface area contributed by atoms with Gasteiger partial charge in [-0.2, -0.15) is 0 Å². The molecule has 0 bridgehead atoms. The number of aliphatic hydroxyl groups excluding tert-OH is 7. The summed E-state index contributed by atoms with van der Waals surface area (Å²) in [4.78, 5) is 27.6. The maximum absolute atomic E-state index is 15.0. The number of piperazine rings is 1. The normalized spacial score (nSPS) is 35.9. The molecular formula is C39H56FN9O14Y-2. The van der Waals surface area contributed by atoms with Crippen LogP contribution in [0, 0.1) is 24.9 Å². The summed E-state index contributed by atoms with van der Waals surface area (Å²) in [5.74, 6) is -1.11. The Hall–Kier alpha value is -2.73. The Labute approximate surface area is 391 Å². The van der Waals surface area contributed by atoms with Crippen molar-refractivity contribution in [2.45, 2.75) is 118 Å². The predicted molar refractivity (Wildman–Crippen MR) is 214 cm³/mol. The van der Waals surface area contributed by atoms with Gasteiger partial charge in [-0.3, -0.25) is 19.2 Å². The van der Waals surface area contributed by atoms with E-state index in [4.69, 9.17) is 40.9 Å². The minimum absolute atomic E-state index is 0. The third-order valence-electron chi connectivity index (χ3n) is 12.2. The second-order valence-corrected chi connectivity index (χ2v) is 16.5. The van der Waals surface area contributed by atoms with Crippen LogP contribution in [-0.4, -0.2) is 192 Å². The van der Waals surface area contributed by atoms with Gasteiger partial charge < -0.3 is 104 Å². The van der Waals surface area contributed by atoms with Gasteiger partial charge in [-0.15, -0.1) is 17.3 Å². The molecule has 3 aliphatic heterocycles. The molecule has 0 spiro atoms. The van der Waals surface area contributed by atoms with E-state index < -0.39 is 109 Å². The summed E-state index contributed by atoms with van der Waals surface area (Å²) >= 11 is 0. The van der Waals surface area contributed by atoms with Gasteiger partial charge >= 0.3 is 0 Å². The van der Waals surface area contributed by atoms with Crippen LogP contribution in [-0.2, 0) is 63.1 Å². The quantitative estimate of drug-likeness (QED) is 0.0600. The molecule has 64 heavy (non-hydrogen) atoms. The first-order valence-electron chi connectivity index (χ1n) is 20.7. The van der Waals surface area contributed by atoms with Crippen LogP contribution in [0.5, 0.6) is 5.75 Å². The molecule has 6 unspecified atom stereocenters. The number of rotatable bonds is 12. The van der Waals surface area contributed by atoms with E-state index in [-0.39, 0.29) is 69.3 Å². The second-order valence-electron chi connectivity index (χ2n) is 16.5. The summed E-state index contributed by atoms with van der Waals surface area (Å²) in [5.41, 5.74) is 18.1. The van der Waals surface area contributed by atoms with Gasteiger partial charge in [0.05, 0.1) is 48.2 Å². The monoisotopic (exact) mass is 982 g/mol. The molecule has 1 aromatic carbocycles. The van der Waals surface area contributed by atoms with E-state index in [2.05, 4.69) is 28.3 Å². The molecule has 0 amide bonds. The SMILES string of the molecule is O=COc1cn(C2CC2)c2cc(N3CCN(Cn4c[c-]nn4)CC3)c(F)cc2c1=O.[CH2-][C@H]1CC(N)[C@@H](O[C@H]2OC(CN)[C@@H](O)C(O)[C@@H]2O)C(O)[C@@H]1OC1O[C@H](CO)[C@H](O)C(N)[C@@H]1O.[Y]. The zero-order valence-electron chi connectivity index (χ0n) is 34.8. The van der Waals surface area contributed by atoms with Crippen molar-refractivity contribution >= 4 is 23.1 Å². The Balaban J connectivity index is 0.000000210. The average Bonchev–Trinajstić information content (AvgIpc) is 3.99. The summed E-state index contributed by atoms with van der Waals surface area (Å²) in [6, 6.07) is 1.30. The summed E-state index contributed by atoms with van der Waals surface area (Å²) in [7, 11) is 0. The number of aliphatic hydroxyl groups is 7. The molecule has 13 N–H and O–H groups in total. The predicted octanol–water partition coefficient (Wildman–Crippen LogP) is -4.99. The van der Waals surface area contributed by atoms with Crippen molar-refractivity contribution in [3.05, 3.63) is 53.7 Å². The Morgan fingerprint density at radius 2 is 1.59 bits per heavy atom. The number of benzene rings is 1. The smallest absolute Gasteiger partial charge is 0.298 e. The summed E-state index contributed by atoms with van der Waals surface area (Å²) in [5, 5.41) is 78.8. The number of carbonyl (C=O) groups excluding carboxylic acids is 1. The van der Waals surface area contributed by atoms with Crippen LogP contribution in [0.3, 0.4) is 0 Å². The number of halogens is 1. The van der Waals surface area contributed by atoms with Crippen LogP contribution in [0.2, 0.25) is 0 Å². The van der Waals surface area contributed by atoms with Gasteiger partial charge in [0.1, 0.15) is 60.8 Å². The first-order valence-corrected chi connectivity index (χ1v) is 20.7.